The second-order valence-electron chi connectivity index (χ2n) is 9.64. The molecule has 2 aromatic carbocycles. The van der Waals surface area contributed by atoms with Gasteiger partial charge in [0, 0.05) is 73.0 Å². The third-order valence-corrected chi connectivity index (χ3v) is 6.76. The number of carbonyl (C=O) groups is 1. The van der Waals surface area contributed by atoms with E-state index in [0.29, 0.717) is 43.5 Å². The van der Waals surface area contributed by atoms with Crippen LogP contribution in [0.2, 0.25) is 0 Å². The number of alkyl halides is 3. The average Bonchev–Trinajstić information content (AvgIpc) is 2.95. The first-order valence-corrected chi connectivity index (χ1v) is 12.7. The Morgan fingerprint density at radius 1 is 0.975 bits per heavy atom. The SMILES string of the molecule is Cc1ccc(C(=O)Nc2ccc(N3CCN(C)CC3)c(C(F)(F)F)c2)cc1Nc1nccc(-c2cccnc2)n1. The van der Waals surface area contributed by atoms with Crippen LogP contribution in [0.5, 0.6) is 0 Å². The molecule has 1 amide bonds. The van der Waals surface area contributed by atoms with Crippen LogP contribution in [0, 0.1) is 6.92 Å². The standard InChI is InChI=1S/C29H28F3N7O/c1-19-5-6-20(16-25(19)37-28-34-11-9-24(36-28)21-4-3-10-33-18-21)27(40)35-22-7-8-26(23(17-22)29(30,31)32)39-14-12-38(2)13-15-39/h3-11,16-18H,12-15H2,1-2H3,(H,35,40)(H,34,36,37). The number of nitrogens with zero attached hydrogens (tertiary/aromatic N) is 5. The minimum atomic E-state index is -4.56. The van der Waals surface area contributed by atoms with Gasteiger partial charge in [0.1, 0.15) is 0 Å². The molecule has 5 rings (SSSR count). The fourth-order valence-electron chi connectivity index (χ4n) is 4.48. The molecule has 0 unspecified atom stereocenters. The van der Waals surface area contributed by atoms with Gasteiger partial charge in [-0.2, -0.15) is 13.2 Å². The molecule has 40 heavy (non-hydrogen) atoms. The molecule has 0 spiro atoms. The molecule has 0 aliphatic carbocycles. The summed E-state index contributed by atoms with van der Waals surface area (Å²) in [5.41, 5.74) is 2.62. The van der Waals surface area contributed by atoms with Gasteiger partial charge in [-0.15, -0.1) is 0 Å². The van der Waals surface area contributed by atoms with E-state index in [0.717, 1.165) is 17.2 Å². The number of hydrogen-bond acceptors (Lipinski definition) is 7. The molecule has 2 N–H and O–H groups in total. The summed E-state index contributed by atoms with van der Waals surface area (Å²) < 4.78 is 42.0. The number of pyridine rings is 1. The molecule has 8 nitrogen and oxygen atoms in total. The molecule has 0 saturated carbocycles. The maximum absolute atomic E-state index is 14.0. The van der Waals surface area contributed by atoms with Crippen LogP contribution >= 0.6 is 0 Å². The fraction of sp³-hybridized carbons (Fsp3) is 0.241. The summed E-state index contributed by atoms with van der Waals surface area (Å²) in [6, 6.07) is 14.4. The van der Waals surface area contributed by atoms with E-state index in [1.165, 1.54) is 12.1 Å². The second-order valence-corrected chi connectivity index (χ2v) is 9.64. The highest BCUT2D eigenvalue weighted by atomic mass is 19.4. The number of anilines is 4. The molecular formula is C29H28F3N7O. The van der Waals surface area contributed by atoms with Crippen LogP contribution in [-0.2, 0) is 6.18 Å². The number of benzene rings is 2. The number of piperazine rings is 1. The molecule has 1 aliphatic heterocycles. The Morgan fingerprint density at radius 2 is 1.77 bits per heavy atom. The topological polar surface area (TPSA) is 86.3 Å². The fourth-order valence-corrected chi connectivity index (χ4v) is 4.48. The minimum absolute atomic E-state index is 0.0674. The lowest BCUT2D eigenvalue weighted by atomic mass is 10.1. The number of nitrogens with one attached hydrogen (secondary N) is 2. The summed E-state index contributed by atoms with van der Waals surface area (Å²) >= 11 is 0. The maximum Gasteiger partial charge on any atom is 0.418 e. The van der Waals surface area contributed by atoms with Gasteiger partial charge in [-0.1, -0.05) is 6.07 Å². The monoisotopic (exact) mass is 547 g/mol. The summed E-state index contributed by atoms with van der Waals surface area (Å²) in [4.78, 5) is 29.8. The summed E-state index contributed by atoms with van der Waals surface area (Å²) in [6.45, 7) is 4.22. The Kier molecular flexibility index (Phi) is 7.65. The van der Waals surface area contributed by atoms with E-state index in [1.807, 2.05) is 26.1 Å². The molecule has 206 valence electrons. The highest BCUT2D eigenvalue weighted by molar-refractivity contribution is 6.05. The van der Waals surface area contributed by atoms with Crippen LogP contribution in [0.1, 0.15) is 21.5 Å². The van der Waals surface area contributed by atoms with Crippen LogP contribution in [0.4, 0.5) is 36.2 Å². The molecule has 4 aromatic rings. The zero-order valence-electron chi connectivity index (χ0n) is 22.0. The first-order valence-electron chi connectivity index (χ1n) is 12.7. The zero-order chi connectivity index (χ0) is 28.3. The van der Waals surface area contributed by atoms with E-state index in [9.17, 15) is 18.0 Å². The molecule has 0 radical (unpaired) electrons. The van der Waals surface area contributed by atoms with Gasteiger partial charge in [-0.25, -0.2) is 9.97 Å². The molecule has 3 heterocycles. The summed E-state index contributed by atoms with van der Waals surface area (Å²) in [6.07, 6.45) is 0.429. The Morgan fingerprint density at radius 3 is 2.50 bits per heavy atom. The maximum atomic E-state index is 14.0. The number of hydrogen-bond donors (Lipinski definition) is 2. The van der Waals surface area contributed by atoms with Crippen molar-refractivity contribution < 1.29 is 18.0 Å². The average molecular weight is 548 g/mol. The third kappa shape index (κ3) is 6.20. The summed E-state index contributed by atoms with van der Waals surface area (Å²) in [5, 5.41) is 5.75. The van der Waals surface area contributed by atoms with Crippen LogP contribution in [0.25, 0.3) is 11.3 Å². The Bertz CT molecular complexity index is 1500. The quantitative estimate of drug-likeness (QED) is 0.324. The van der Waals surface area contributed by atoms with Crippen LogP contribution in [-0.4, -0.2) is 59.0 Å². The van der Waals surface area contributed by atoms with Crippen LogP contribution < -0.4 is 15.5 Å². The number of halogens is 3. The summed E-state index contributed by atoms with van der Waals surface area (Å²) in [7, 11) is 1.94. The van der Waals surface area contributed by atoms with Gasteiger partial charge in [0.05, 0.1) is 11.3 Å². The molecule has 2 aromatic heterocycles. The first-order chi connectivity index (χ1) is 19.2. The van der Waals surface area contributed by atoms with Crippen molar-refractivity contribution in [3.05, 3.63) is 89.9 Å². The normalized spacial score (nSPS) is 14.2. The Hall–Kier alpha value is -4.51. The number of aromatic nitrogens is 3. The molecule has 1 saturated heterocycles. The highest BCUT2D eigenvalue weighted by Crippen LogP contribution is 2.38. The van der Waals surface area contributed by atoms with E-state index in [1.54, 1.807) is 47.8 Å². The van der Waals surface area contributed by atoms with Gasteiger partial charge >= 0.3 is 6.18 Å². The first kappa shape index (κ1) is 27.1. The van der Waals surface area contributed by atoms with Crippen molar-refractivity contribution in [1.82, 2.24) is 19.9 Å². The van der Waals surface area contributed by atoms with Crippen molar-refractivity contribution in [2.75, 3.05) is 48.8 Å². The molecule has 1 aliphatic rings. The van der Waals surface area contributed by atoms with Crippen molar-refractivity contribution >= 4 is 28.9 Å². The predicted octanol–water partition coefficient (Wildman–Crippen LogP) is 5.61. The van der Waals surface area contributed by atoms with Crippen molar-refractivity contribution in [2.45, 2.75) is 13.1 Å². The lowest BCUT2D eigenvalue weighted by molar-refractivity contribution is -0.137. The number of rotatable bonds is 6. The molecule has 0 bridgehead atoms. The molecular weight excluding hydrogens is 519 g/mol. The number of amides is 1. The van der Waals surface area contributed by atoms with E-state index < -0.39 is 17.6 Å². The smallest absolute Gasteiger partial charge is 0.368 e. The third-order valence-electron chi connectivity index (χ3n) is 6.76. The molecule has 11 heteroatoms. The van der Waals surface area contributed by atoms with Gasteiger partial charge in [0.2, 0.25) is 5.95 Å². The largest absolute Gasteiger partial charge is 0.418 e. The minimum Gasteiger partial charge on any atom is -0.368 e. The number of carbonyl (C=O) groups excluding carboxylic acids is 1. The Labute approximate surface area is 229 Å². The van der Waals surface area contributed by atoms with Gasteiger partial charge in [0.15, 0.2) is 0 Å². The second kappa shape index (κ2) is 11.3. The lowest BCUT2D eigenvalue weighted by Gasteiger charge is -2.35. The van der Waals surface area contributed by atoms with Gasteiger partial charge in [0.25, 0.3) is 5.91 Å². The highest BCUT2D eigenvalue weighted by Gasteiger charge is 2.36. The molecule has 0 atom stereocenters. The van der Waals surface area contributed by atoms with Crippen molar-refractivity contribution in [3.8, 4) is 11.3 Å². The van der Waals surface area contributed by atoms with Gasteiger partial charge in [-0.05, 0) is 68.1 Å². The zero-order valence-corrected chi connectivity index (χ0v) is 22.0. The number of aryl methyl sites for hydroxylation is 1. The van der Waals surface area contributed by atoms with E-state index in [2.05, 4.69) is 30.5 Å². The van der Waals surface area contributed by atoms with E-state index in [-0.39, 0.29) is 16.9 Å². The van der Waals surface area contributed by atoms with Crippen LogP contribution in [0.3, 0.4) is 0 Å². The van der Waals surface area contributed by atoms with E-state index >= 15 is 0 Å². The van der Waals surface area contributed by atoms with Gasteiger partial charge in [-0.3, -0.25) is 9.78 Å². The Balaban J connectivity index is 1.35. The lowest BCUT2D eigenvalue weighted by Crippen LogP contribution is -2.45. The number of likely N-dealkylation sites (N-methyl/N-ethyl adjacent to an activating group) is 1. The van der Waals surface area contributed by atoms with Gasteiger partial charge < -0.3 is 20.4 Å². The van der Waals surface area contributed by atoms with Crippen molar-refractivity contribution in [1.29, 1.82) is 0 Å². The van der Waals surface area contributed by atoms with Crippen molar-refractivity contribution in [2.24, 2.45) is 0 Å². The van der Waals surface area contributed by atoms with E-state index in [4.69, 9.17) is 0 Å². The van der Waals surface area contributed by atoms with Crippen LogP contribution in [0.15, 0.2) is 73.2 Å². The predicted molar refractivity (Wildman–Crippen MR) is 149 cm³/mol. The molecule has 1 fully saturated rings. The summed E-state index contributed by atoms with van der Waals surface area (Å²) in [5.74, 6) is -0.204. The van der Waals surface area contributed by atoms with Crippen molar-refractivity contribution in [3.63, 3.8) is 0 Å².